The van der Waals surface area contributed by atoms with Crippen LogP contribution in [0.3, 0.4) is 0 Å². The van der Waals surface area contributed by atoms with Crippen molar-refractivity contribution in [1.82, 2.24) is 4.90 Å². The number of rotatable bonds is 6. The Hall–Kier alpha value is -2.40. The monoisotopic (exact) mass is 317 g/mol. The number of nitrogens with zero attached hydrogens (tertiary/aromatic N) is 1. The van der Waals surface area contributed by atoms with E-state index in [4.69, 9.17) is 4.74 Å². The standard InChI is InChI=1S/C18H20FNO3/c1-13-7-8-16(19)15(11-13)18(22)20(9-10-21)12-14-5-3-4-6-17(14)23-2/h3-8,11,21H,9-10,12H2,1-2H3. The van der Waals surface area contributed by atoms with Crippen molar-refractivity contribution >= 4 is 5.91 Å². The molecule has 0 fully saturated rings. The maximum atomic E-state index is 14.0. The van der Waals surface area contributed by atoms with E-state index in [2.05, 4.69) is 0 Å². The zero-order valence-corrected chi connectivity index (χ0v) is 13.3. The van der Waals surface area contributed by atoms with E-state index >= 15 is 0 Å². The van der Waals surface area contributed by atoms with Crippen LogP contribution in [0.25, 0.3) is 0 Å². The minimum Gasteiger partial charge on any atom is -0.496 e. The fraction of sp³-hybridized carbons (Fsp3) is 0.278. The average molecular weight is 317 g/mol. The Morgan fingerprint density at radius 1 is 1.26 bits per heavy atom. The number of amides is 1. The summed E-state index contributed by atoms with van der Waals surface area (Å²) >= 11 is 0. The third kappa shape index (κ3) is 4.07. The Balaban J connectivity index is 2.30. The number of benzene rings is 2. The van der Waals surface area contributed by atoms with E-state index in [1.54, 1.807) is 26.2 Å². The van der Waals surface area contributed by atoms with Gasteiger partial charge in [0.25, 0.3) is 5.91 Å². The van der Waals surface area contributed by atoms with Gasteiger partial charge in [-0.25, -0.2) is 4.39 Å². The Labute approximate surface area is 135 Å². The summed E-state index contributed by atoms with van der Waals surface area (Å²) in [6, 6.07) is 11.7. The summed E-state index contributed by atoms with van der Waals surface area (Å²) in [4.78, 5) is 14.1. The number of methoxy groups -OCH3 is 1. The number of hydrogen-bond acceptors (Lipinski definition) is 3. The molecule has 2 aromatic carbocycles. The predicted molar refractivity (Wildman–Crippen MR) is 86.0 cm³/mol. The van der Waals surface area contributed by atoms with E-state index < -0.39 is 11.7 Å². The van der Waals surface area contributed by atoms with Gasteiger partial charge in [-0.15, -0.1) is 0 Å². The molecular formula is C18H20FNO3. The van der Waals surface area contributed by atoms with Gasteiger partial charge in [-0.05, 0) is 25.1 Å². The van der Waals surface area contributed by atoms with Crippen molar-refractivity contribution in [3.05, 3.63) is 65.0 Å². The molecule has 4 nitrogen and oxygen atoms in total. The van der Waals surface area contributed by atoms with E-state index in [1.165, 1.54) is 17.0 Å². The highest BCUT2D eigenvalue weighted by atomic mass is 19.1. The fourth-order valence-corrected chi connectivity index (χ4v) is 2.39. The van der Waals surface area contributed by atoms with Crippen LogP contribution >= 0.6 is 0 Å². The minimum atomic E-state index is -0.566. The molecule has 0 aromatic heterocycles. The van der Waals surface area contributed by atoms with Gasteiger partial charge in [-0.2, -0.15) is 0 Å². The Bertz CT molecular complexity index is 688. The molecule has 2 aromatic rings. The first kappa shape index (κ1) is 17.0. The first-order valence-corrected chi connectivity index (χ1v) is 7.35. The number of hydrogen-bond donors (Lipinski definition) is 1. The van der Waals surface area contributed by atoms with Crippen LogP contribution in [0.1, 0.15) is 21.5 Å². The van der Waals surface area contributed by atoms with E-state index in [0.29, 0.717) is 5.75 Å². The van der Waals surface area contributed by atoms with Crippen LogP contribution in [0.4, 0.5) is 4.39 Å². The number of para-hydroxylation sites is 1. The number of ether oxygens (including phenoxy) is 1. The van der Waals surface area contributed by atoms with Crippen LogP contribution < -0.4 is 4.74 Å². The summed E-state index contributed by atoms with van der Waals surface area (Å²) in [6.07, 6.45) is 0. The number of carbonyl (C=O) groups excluding carboxylic acids is 1. The molecule has 0 bridgehead atoms. The molecule has 5 heteroatoms. The highest BCUT2D eigenvalue weighted by molar-refractivity contribution is 5.94. The summed E-state index contributed by atoms with van der Waals surface area (Å²) in [7, 11) is 1.55. The van der Waals surface area contributed by atoms with Crippen molar-refractivity contribution in [1.29, 1.82) is 0 Å². The second-order valence-corrected chi connectivity index (χ2v) is 5.25. The third-order valence-electron chi connectivity index (χ3n) is 3.56. The molecule has 0 aliphatic carbocycles. The summed E-state index contributed by atoms with van der Waals surface area (Å²) < 4.78 is 19.2. The zero-order valence-electron chi connectivity index (χ0n) is 13.3. The van der Waals surface area contributed by atoms with Gasteiger partial charge in [0.2, 0.25) is 0 Å². The summed E-state index contributed by atoms with van der Waals surface area (Å²) in [5.74, 6) is -0.373. The Morgan fingerprint density at radius 2 is 2.00 bits per heavy atom. The summed E-state index contributed by atoms with van der Waals surface area (Å²) in [6.45, 7) is 1.95. The van der Waals surface area contributed by atoms with E-state index in [9.17, 15) is 14.3 Å². The summed E-state index contributed by atoms with van der Waals surface area (Å²) in [5.41, 5.74) is 1.61. The van der Waals surface area contributed by atoms with Gasteiger partial charge >= 0.3 is 0 Å². The molecule has 0 unspecified atom stereocenters. The molecule has 2 rings (SSSR count). The molecule has 1 amide bonds. The van der Waals surface area contributed by atoms with Crippen LogP contribution in [-0.2, 0) is 6.54 Å². The highest BCUT2D eigenvalue weighted by Gasteiger charge is 2.20. The number of aliphatic hydroxyl groups excluding tert-OH is 1. The molecule has 1 N–H and O–H groups in total. The molecule has 0 saturated heterocycles. The molecule has 0 atom stereocenters. The first-order chi connectivity index (χ1) is 11.1. The lowest BCUT2D eigenvalue weighted by molar-refractivity contribution is 0.0701. The van der Waals surface area contributed by atoms with Crippen molar-refractivity contribution in [3.63, 3.8) is 0 Å². The number of halogens is 1. The molecule has 0 heterocycles. The van der Waals surface area contributed by atoms with E-state index in [0.717, 1.165) is 11.1 Å². The van der Waals surface area contributed by atoms with Crippen molar-refractivity contribution in [3.8, 4) is 5.75 Å². The molecular weight excluding hydrogens is 297 g/mol. The van der Waals surface area contributed by atoms with Gasteiger partial charge in [0.1, 0.15) is 11.6 Å². The molecule has 0 saturated carbocycles. The van der Waals surface area contributed by atoms with E-state index in [-0.39, 0.29) is 25.3 Å². The maximum Gasteiger partial charge on any atom is 0.257 e. The van der Waals surface area contributed by atoms with Crippen LogP contribution in [0.2, 0.25) is 0 Å². The third-order valence-corrected chi connectivity index (χ3v) is 3.56. The Morgan fingerprint density at radius 3 is 2.70 bits per heavy atom. The fourth-order valence-electron chi connectivity index (χ4n) is 2.39. The number of aliphatic hydroxyl groups is 1. The molecule has 122 valence electrons. The second kappa shape index (κ2) is 7.74. The van der Waals surface area contributed by atoms with Crippen molar-refractivity contribution in [2.45, 2.75) is 13.5 Å². The van der Waals surface area contributed by atoms with Crippen molar-refractivity contribution in [2.24, 2.45) is 0 Å². The largest absolute Gasteiger partial charge is 0.496 e. The van der Waals surface area contributed by atoms with Crippen LogP contribution in [0.5, 0.6) is 5.75 Å². The maximum absolute atomic E-state index is 14.0. The van der Waals surface area contributed by atoms with Crippen LogP contribution in [-0.4, -0.2) is 36.2 Å². The lowest BCUT2D eigenvalue weighted by Gasteiger charge is -2.23. The van der Waals surface area contributed by atoms with Gasteiger partial charge < -0.3 is 14.7 Å². The van der Waals surface area contributed by atoms with E-state index in [1.807, 2.05) is 18.2 Å². The van der Waals surface area contributed by atoms with Crippen LogP contribution in [0, 0.1) is 12.7 Å². The quantitative estimate of drug-likeness (QED) is 0.891. The number of aryl methyl sites for hydroxylation is 1. The highest BCUT2D eigenvalue weighted by Crippen LogP contribution is 2.21. The minimum absolute atomic E-state index is 0.00773. The molecule has 0 aliphatic rings. The van der Waals surface area contributed by atoms with Gasteiger partial charge in [-0.1, -0.05) is 29.8 Å². The van der Waals surface area contributed by atoms with Gasteiger partial charge in [0.15, 0.2) is 0 Å². The first-order valence-electron chi connectivity index (χ1n) is 7.35. The molecule has 0 spiro atoms. The normalized spacial score (nSPS) is 10.4. The Kier molecular flexibility index (Phi) is 5.71. The van der Waals surface area contributed by atoms with Crippen molar-refractivity contribution < 1.29 is 19.0 Å². The molecule has 0 radical (unpaired) electrons. The molecule has 23 heavy (non-hydrogen) atoms. The van der Waals surface area contributed by atoms with Crippen molar-refractivity contribution in [2.75, 3.05) is 20.3 Å². The lowest BCUT2D eigenvalue weighted by Crippen LogP contribution is -2.33. The van der Waals surface area contributed by atoms with Crippen LogP contribution in [0.15, 0.2) is 42.5 Å². The smallest absolute Gasteiger partial charge is 0.257 e. The predicted octanol–water partition coefficient (Wildman–Crippen LogP) is 2.78. The van der Waals surface area contributed by atoms with Gasteiger partial charge in [-0.3, -0.25) is 4.79 Å². The topological polar surface area (TPSA) is 49.8 Å². The zero-order chi connectivity index (χ0) is 16.8. The summed E-state index contributed by atoms with van der Waals surface area (Å²) in [5, 5.41) is 9.24. The van der Waals surface area contributed by atoms with Gasteiger partial charge in [0, 0.05) is 18.7 Å². The van der Waals surface area contributed by atoms with Gasteiger partial charge in [0.05, 0.1) is 19.3 Å². The number of carbonyl (C=O) groups is 1. The average Bonchev–Trinajstić information content (AvgIpc) is 2.56. The lowest BCUT2D eigenvalue weighted by atomic mass is 10.1. The second-order valence-electron chi connectivity index (χ2n) is 5.25. The SMILES string of the molecule is COc1ccccc1CN(CCO)C(=O)c1cc(C)ccc1F. The molecule has 0 aliphatic heterocycles.